The van der Waals surface area contributed by atoms with Crippen LogP contribution in [0.5, 0.6) is 0 Å². The van der Waals surface area contributed by atoms with Gasteiger partial charge in [0.15, 0.2) is 0 Å². The third-order valence-electron chi connectivity index (χ3n) is 2.29. The van der Waals surface area contributed by atoms with Crippen LogP contribution >= 0.6 is 7.82 Å². The van der Waals surface area contributed by atoms with Gasteiger partial charge in [0, 0.05) is 13.5 Å². The van der Waals surface area contributed by atoms with E-state index in [9.17, 15) is 4.57 Å². The molecule has 14 heavy (non-hydrogen) atoms. The summed E-state index contributed by atoms with van der Waals surface area (Å²) in [5.74, 6) is 0. The van der Waals surface area contributed by atoms with Gasteiger partial charge in [0.2, 0.25) is 0 Å². The molecule has 4 atom stereocenters. The van der Waals surface area contributed by atoms with Crippen LogP contribution in [0.1, 0.15) is 26.7 Å². The SMILES string of the molecule is CC[C@H]1O[C@@H](C)CC1OP(=O)(O)OC. The topological polar surface area (TPSA) is 65.0 Å². The van der Waals surface area contributed by atoms with Crippen molar-refractivity contribution in [2.24, 2.45) is 0 Å². The lowest BCUT2D eigenvalue weighted by Crippen LogP contribution is -2.22. The first-order valence-electron chi connectivity index (χ1n) is 4.71. The zero-order chi connectivity index (χ0) is 10.8. The maximum atomic E-state index is 11.2. The van der Waals surface area contributed by atoms with E-state index in [4.69, 9.17) is 14.2 Å². The summed E-state index contributed by atoms with van der Waals surface area (Å²) in [6.45, 7) is 3.87. The van der Waals surface area contributed by atoms with Gasteiger partial charge in [0.1, 0.15) is 0 Å². The molecule has 5 nitrogen and oxygen atoms in total. The van der Waals surface area contributed by atoms with Crippen molar-refractivity contribution in [2.45, 2.75) is 45.0 Å². The monoisotopic (exact) mass is 224 g/mol. The predicted octanol–water partition coefficient (Wildman–Crippen LogP) is 1.71. The van der Waals surface area contributed by atoms with Crippen LogP contribution in [0.4, 0.5) is 0 Å². The molecule has 0 aromatic rings. The van der Waals surface area contributed by atoms with Crippen LogP contribution in [0, 0.1) is 0 Å². The van der Waals surface area contributed by atoms with Crippen molar-refractivity contribution in [1.29, 1.82) is 0 Å². The maximum Gasteiger partial charge on any atom is 0.472 e. The second-order valence-electron chi connectivity index (χ2n) is 3.42. The van der Waals surface area contributed by atoms with E-state index >= 15 is 0 Å². The highest BCUT2D eigenvalue weighted by Gasteiger charge is 2.37. The third-order valence-corrected chi connectivity index (χ3v) is 3.29. The number of ether oxygens (including phenoxy) is 1. The van der Waals surface area contributed by atoms with Crippen molar-refractivity contribution in [3.8, 4) is 0 Å². The van der Waals surface area contributed by atoms with Crippen LogP contribution in [0.25, 0.3) is 0 Å². The Morgan fingerprint density at radius 1 is 1.64 bits per heavy atom. The Bertz CT molecular complexity index is 232. The van der Waals surface area contributed by atoms with Gasteiger partial charge in [-0.1, -0.05) is 6.92 Å². The van der Waals surface area contributed by atoms with Crippen LogP contribution < -0.4 is 0 Å². The zero-order valence-corrected chi connectivity index (χ0v) is 9.57. The zero-order valence-electron chi connectivity index (χ0n) is 8.67. The van der Waals surface area contributed by atoms with Gasteiger partial charge in [-0.05, 0) is 13.3 Å². The molecule has 1 rings (SSSR count). The summed E-state index contributed by atoms with van der Waals surface area (Å²) >= 11 is 0. The summed E-state index contributed by atoms with van der Waals surface area (Å²) in [7, 11) is -2.73. The molecule has 0 aliphatic carbocycles. The largest absolute Gasteiger partial charge is 0.472 e. The number of rotatable bonds is 4. The minimum atomic E-state index is -3.88. The number of phosphoric ester groups is 1. The van der Waals surface area contributed by atoms with Gasteiger partial charge in [0.25, 0.3) is 0 Å². The van der Waals surface area contributed by atoms with E-state index in [1.165, 1.54) is 0 Å². The lowest BCUT2D eigenvalue weighted by atomic mass is 10.1. The maximum absolute atomic E-state index is 11.2. The van der Waals surface area contributed by atoms with Crippen LogP contribution in [0.15, 0.2) is 0 Å². The van der Waals surface area contributed by atoms with Gasteiger partial charge >= 0.3 is 7.82 Å². The van der Waals surface area contributed by atoms with E-state index in [0.29, 0.717) is 6.42 Å². The Morgan fingerprint density at radius 2 is 2.29 bits per heavy atom. The molecule has 84 valence electrons. The van der Waals surface area contributed by atoms with Gasteiger partial charge in [-0.2, -0.15) is 0 Å². The minimum Gasteiger partial charge on any atom is -0.372 e. The summed E-state index contributed by atoms with van der Waals surface area (Å²) in [6.07, 6.45) is 1.01. The van der Waals surface area contributed by atoms with Gasteiger partial charge < -0.3 is 9.63 Å². The highest BCUT2D eigenvalue weighted by atomic mass is 31.2. The molecule has 0 spiro atoms. The van der Waals surface area contributed by atoms with Crippen molar-refractivity contribution < 1.29 is 23.2 Å². The van der Waals surface area contributed by atoms with Crippen molar-refractivity contribution >= 4 is 7.82 Å². The van der Waals surface area contributed by atoms with E-state index < -0.39 is 7.82 Å². The molecule has 1 aliphatic rings. The smallest absolute Gasteiger partial charge is 0.372 e. The van der Waals surface area contributed by atoms with Gasteiger partial charge in [0.05, 0.1) is 18.3 Å². The molecule has 1 N–H and O–H groups in total. The molecule has 6 heteroatoms. The van der Waals surface area contributed by atoms with Crippen LogP contribution in [-0.4, -0.2) is 30.3 Å². The fraction of sp³-hybridized carbons (Fsp3) is 1.00. The molecule has 2 unspecified atom stereocenters. The fourth-order valence-electron chi connectivity index (χ4n) is 1.60. The van der Waals surface area contributed by atoms with Gasteiger partial charge in [-0.15, -0.1) is 0 Å². The van der Waals surface area contributed by atoms with Gasteiger partial charge in [-0.3, -0.25) is 9.05 Å². The second-order valence-corrected chi connectivity index (χ2v) is 4.94. The van der Waals surface area contributed by atoms with Gasteiger partial charge in [-0.25, -0.2) is 4.57 Å². The Morgan fingerprint density at radius 3 is 2.79 bits per heavy atom. The van der Waals surface area contributed by atoms with E-state index in [-0.39, 0.29) is 18.3 Å². The molecule has 0 aromatic heterocycles. The lowest BCUT2D eigenvalue weighted by Gasteiger charge is -2.19. The van der Waals surface area contributed by atoms with Crippen molar-refractivity contribution in [2.75, 3.05) is 7.11 Å². The summed E-state index contributed by atoms with van der Waals surface area (Å²) in [6, 6.07) is 0. The highest BCUT2D eigenvalue weighted by molar-refractivity contribution is 7.47. The van der Waals surface area contributed by atoms with E-state index in [2.05, 4.69) is 4.52 Å². The molecule has 0 aromatic carbocycles. The first-order chi connectivity index (χ1) is 6.48. The quantitative estimate of drug-likeness (QED) is 0.736. The van der Waals surface area contributed by atoms with Crippen molar-refractivity contribution in [3.05, 3.63) is 0 Å². The normalized spacial score (nSPS) is 37.0. The fourth-order valence-corrected chi connectivity index (χ4v) is 2.25. The standard InChI is InChI=1S/C8H17O5P/c1-4-7-8(5-6(2)12-7)13-14(9,10)11-3/h6-8H,4-5H2,1-3H3,(H,9,10)/t6-,7+,8?/m0/s1. The molecular weight excluding hydrogens is 207 g/mol. The van der Waals surface area contributed by atoms with Crippen LogP contribution in [0.3, 0.4) is 0 Å². The van der Waals surface area contributed by atoms with E-state index in [0.717, 1.165) is 13.5 Å². The van der Waals surface area contributed by atoms with Crippen molar-refractivity contribution in [3.63, 3.8) is 0 Å². The van der Waals surface area contributed by atoms with E-state index in [1.54, 1.807) is 0 Å². The third kappa shape index (κ3) is 3.04. The molecule has 0 amide bonds. The molecule has 0 radical (unpaired) electrons. The Balaban J connectivity index is 2.55. The minimum absolute atomic E-state index is 0.0711. The van der Waals surface area contributed by atoms with Crippen LogP contribution in [0.2, 0.25) is 0 Å². The number of hydrogen-bond acceptors (Lipinski definition) is 4. The summed E-state index contributed by atoms with van der Waals surface area (Å²) in [5, 5.41) is 0. The molecule has 1 heterocycles. The first kappa shape index (κ1) is 12.1. The first-order valence-corrected chi connectivity index (χ1v) is 6.20. The molecule has 1 saturated heterocycles. The molecule has 1 aliphatic heterocycles. The summed E-state index contributed by atoms with van der Waals surface area (Å²) in [4.78, 5) is 9.14. The molecule has 0 bridgehead atoms. The van der Waals surface area contributed by atoms with Crippen LogP contribution in [-0.2, 0) is 18.3 Å². The number of phosphoric acid groups is 1. The summed E-state index contributed by atoms with van der Waals surface area (Å²) in [5.41, 5.74) is 0. The average Bonchev–Trinajstić information content (AvgIpc) is 2.45. The molecular formula is C8H17O5P. The van der Waals surface area contributed by atoms with E-state index in [1.807, 2.05) is 13.8 Å². The Hall–Kier alpha value is 0.0700. The highest BCUT2D eigenvalue weighted by Crippen LogP contribution is 2.46. The average molecular weight is 224 g/mol. The lowest BCUT2D eigenvalue weighted by molar-refractivity contribution is 0.0115. The molecule has 0 saturated carbocycles. The Labute approximate surface area is 84.0 Å². The predicted molar refractivity (Wildman–Crippen MR) is 51.0 cm³/mol. The summed E-state index contributed by atoms with van der Waals surface area (Å²) < 4.78 is 26.0. The Kier molecular flexibility index (Phi) is 4.10. The molecule has 1 fully saturated rings. The second kappa shape index (κ2) is 4.73. The number of hydrogen-bond donors (Lipinski definition) is 1. The van der Waals surface area contributed by atoms with Crippen molar-refractivity contribution in [1.82, 2.24) is 0 Å².